The van der Waals surface area contributed by atoms with Crippen LogP contribution >= 0.6 is 24.8 Å². The number of halogens is 2. The van der Waals surface area contributed by atoms with Gasteiger partial charge in [-0.05, 0) is 25.1 Å². The summed E-state index contributed by atoms with van der Waals surface area (Å²) < 4.78 is 22.9. The number of benzene rings is 1. The third-order valence-corrected chi connectivity index (χ3v) is 4.96. The van der Waals surface area contributed by atoms with Crippen molar-refractivity contribution in [2.75, 3.05) is 34.8 Å². The van der Waals surface area contributed by atoms with E-state index >= 15 is 0 Å². The fourth-order valence-electron chi connectivity index (χ4n) is 2.26. The molecule has 6 nitrogen and oxygen atoms in total. The fraction of sp³-hybridized carbons (Fsp3) is 0.500. The lowest BCUT2D eigenvalue weighted by Crippen LogP contribution is -2.40. The Morgan fingerprint density at radius 2 is 1.91 bits per heavy atom. The van der Waals surface area contributed by atoms with Crippen LogP contribution in [-0.4, -0.2) is 45.0 Å². The van der Waals surface area contributed by atoms with Crippen LogP contribution in [0.2, 0.25) is 0 Å². The summed E-state index contributed by atoms with van der Waals surface area (Å²) in [5.41, 5.74) is 7.21. The third-order valence-electron chi connectivity index (χ3n) is 3.35. The predicted octanol–water partition coefficient (Wildman–Crippen LogP) is 1.44. The molecule has 1 aliphatic heterocycles. The summed E-state index contributed by atoms with van der Waals surface area (Å²) >= 11 is 0. The Hall–Kier alpha value is -1.02. The Labute approximate surface area is 149 Å². The van der Waals surface area contributed by atoms with Crippen molar-refractivity contribution < 1.29 is 13.2 Å². The second-order valence-corrected chi connectivity index (χ2v) is 7.72. The lowest BCUT2D eigenvalue weighted by molar-refractivity contribution is -0.116. The summed E-state index contributed by atoms with van der Waals surface area (Å²) in [7, 11) is -2.89. The zero-order chi connectivity index (χ0) is 15.5. The van der Waals surface area contributed by atoms with Crippen LogP contribution in [0.25, 0.3) is 0 Å². The topological polar surface area (TPSA) is 92.5 Å². The van der Waals surface area contributed by atoms with E-state index in [0.717, 1.165) is 5.69 Å². The molecule has 0 aliphatic carbocycles. The number of amides is 1. The second-order valence-electron chi connectivity index (χ2n) is 5.42. The Morgan fingerprint density at radius 1 is 1.30 bits per heavy atom. The molecule has 0 aromatic heterocycles. The van der Waals surface area contributed by atoms with E-state index in [1.165, 1.54) is 0 Å². The highest BCUT2D eigenvalue weighted by Gasteiger charge is 2.21. The highest BCUT2D eigenvalue weighted by Crippen LogP contribution is 2.21. The molecule has 1 aromatic carbocycles. The lowest BCUT2D eigenvalue weighted by Gasteiger charge is -2.29. The van der Waals surface area contributed by atoms with Gasteiger partial charge in [-0.25, -0.2) is 8.42 Å². The minimum atomic E-state index is -2.89. The molecule has 0 saturated carbocycles. The molecule has 1 saturated heterocycles. The molecule has 23 heavy (non-hydrogen) atoms. The van der Waals surface area contributed by atoms with Crippen LogP contribution in [0.15, 0.2) is 24.3 Å². The molecule has 1 fully saturated rings. The fourth-order valence-corrected chi connectivity index (χ4v) is 3.46. The first-order valence-corrected chi connectivity index (χ1v) is 8.79. The van der Waals surface area contributed by atoms with Gasteiger partial charge < -0.3 is 16.0 Å². The minimum Gasteiger partial charge on any atom is -0.369 e. The van der Waals surface area contributed by atoms with E-state index in [1.807, 2.05) is 29.2 Å². The average Bonchev–Trinajstić information content (AvgIpc) is 2.37. The molecule has 1 amide bonds. The molecule has 0 spiro atoms. The second kappa shape index (κ2) is 9.32. The average molecular weight is 384 g/mol. The summed E-state index contributed by atoms with van der Waals surface area (Å²) in [4.78, 5) is 13.7. The van der Waals surface area contributed by atoms with Crippen molar-refractivity contribution in [3.8, 4) is 0 Å². The molecule has 132 valence electrons. The summed E-state index contributed by atoms with van der Waals surface area (Å²) in [5.74, 6) is 0.228. The quantitative estimate of drug-likeness (QED) is 0.820. The molecule has 2 rings (SSSR count). The minimum absolute atomic E-state index is 0. The molecule has 1 atom stereocenters. The van der Waals surface area contributed by atoms with Crippen LogP contribution in [0.5, 0.6) is 0 Å². The van der Waals surface area contributed by atoms with Crippen LogP contribution in [0.4, 0.5) is 11.4 Å². The van der Waals surface area contributed by atoms with Crippen molar-refractivity contribution in [1.82, 2.24) is 0 Å². The number of hydrogen-bond donors (Lipinski definition) is 2. The SMILES string of the molecule is CC(N)CC(=O)Nc1cccc(N2CCS(=O)(=O)CC2)c1.Cl.Cl. The molecule has 1 heterocycles. The zero-order valence-corrected chi connectivity index (χ0v) is 15.3. The van der Waals surface area contributed by atoms with Crippen LogP contribution < -0.4 is 16.0 Å². The number of hydrogen-bond acceptors (Lipinski definition) is 5. The summed E-state index contributed by atoms with van der Waals surface area (Å²) in [5, 5.41) is 2.81. The number of anilines is 2. The van der Waals surface area contributed by atoms with Crippen molar-refractivity contribution in [2.24, 2.45) is 5.73 Å². The normalized spacial score (nSPS) is 17.4. The molecule has 0 radical (unpaired) electrons. The van der Waals surface area contributed by atoms with E-state index in [-0.39, 0.29) is 54.7 Å². The molecule has 9 heteroatoms. The van der Waals surface area contributed by atoms with Gasteiger partial charge in [0, 0.05) is 36.9 Å². The van der Waals surface area contributed by atoms with Gasteiger partial charge >= 0.3 is 0 Å². The van der Waals surface area contributed by atoms with Crippen molar-refractivity contribution in [3.63, 3.8) is 0 Å². The molecule has 3 N–H and O–H groups in total. The number of nitrogens with one attached hydrogen (secondary N) is 1. The lowest BCUT2D eigenvalue weighted by atomic mass is 10.2. The van der Waals surface area contributed by atoms with Gasteiger partial charge in [0.2, 0.25) is 5.91 Å². The van der Waals surface area contributed by atoms with Crippen molar-refractivity contribution in [1.29, 1.82) is 0 Å². The highest BCUT2D eigenvalue weighted by molar-refractivity contribution is 7.91. The molecule has 1 aromatic rings. The maximum absolute atomic E-state index is 11.7. The smallest absolute Gasteiger partial charge is 0.225 e. The van der Waals surface area contributed by atoms with Crippen LogP contribution in [0.1, 0.15) is 13.3 Å². The van der Waals surface area contributed by atoms with Crippen LogP contribution in [0, 0.1) is 0 Å². The van der Waals surface area contributed by atoms with E-state index in [9.17, 15) is 13.2 Å². The van der Waals surface area contributed by atoms with E-state index in [4.69, 9.17) is 5.73 Å². The van der Waals surface area contributed by atoms with Crippen molar-refractivity contribution >= 4 is 51.9 Å². The van der Waals surface area contributed by atoms with Crippen molar-refractivity contribution in [2.45, 2.75) is 19.4 Å². The van der Waals surface area contributed by atoms with Gasteiger partial charge in [0.1, 0.15) is 0 Å². The van der Waals surface area contributed by atoms with Gasteiger partial charge in [-0.2, -0.15) is 0 Å². The van der Waals surface area contributed by atoms with E-state index in [0.29, 0.717) is 18.8 Å². The maximum Gasteiger partial charge on any atom is 0.225 e. The van der Waals surface area contributed by atoms with Crippen molar-refractivity contribution in [3.05, 3.63) is 24.3 Å². The third kappa shape index (κ3) is 6.95. The maximum atomic E-state index is 11.7. The van der Waals surface area contributed by atoms with E-state index in [1.54, 1.807) is 6.92 Å². The number of carbonyl (C=O) groups is 1. The van der Waals surface area contributed by atoms with Crippen LogP contribution in [-0.2, 0) is 14.6 Å². The number of nitrogens with zero attached hydrogens (tertiary/aromatic N) is 1. The molecule has 1 aliphatic rings. The van der Waals surface area contributed by atoms with Gasteiger partial charge in [-0.15, -0.1) is 24.8 Å². The standard InChI is InChI=1S/C14H21N3O3S.2ClH/c1-11(15)9-14(18)16-12-3-2-4-13(10-12)17-5-7-21(19,20)8-6-17;;/h2-4,10-11H,5-9,15H2,1H3,(H,16,18);2*1H. The van der Waals surface area contributed by atoms with Gasteiger partial charge in [0.25, 0.3) is 0 Å². The summed E-state index contributed by atoms with van der Waals surface area (Å²) in [6.45, 7) is 2.75. The predicted molar refractivity (Wildman–Crippen MR) is 98.7 cm³/mol. The van der Waals surface area contributed by atoms with E-state index < -0.39 is 9.84 Å². The van der Waals surface area contributed by atoms with Gasteiger partial charge in [0.15, 0.2) is 9.84 Å². The first-order chi connectivity index (χ1) is 9.85. The molecular formula is C14H23Cl2N3O3S. The first-order valence-electron chi connectivity index (χ1n) is 6.96. The summed E-state index contributed by atoms with van der Waals surface area (Å²) in [6, 6.07) is 7.25. The molecule has 0 bridgehead atoms. The molecular weight excluding hydrogens is 361 g/mol. The van der Waals surface area contributed by atoms with Gasteiger partial charge in [-0.1, -0.05) is 6.07 Å². The Morgan fingerprint density at radius 3 is 2.48 bits per heavy atom. The number of rotatable bonds is 4. The number of sulfone groups is 1. The summed E-state index contributed by atoms with van der Waals surface area (Å²) in [6.07, 6.45) is 0.270. The largest absolute Gasteiger partial charge is 0.369 e. The highest BCUT2D eigenvalue weighted by atomic mass is 35.5. The Balaban J connectivity index is 0.00000242. The monoisotopic (exact) mass is 383 g/mol. The number of nitrogens with two attached hydrogens (primary N) is 1. The first kappa shape index (κ1) is 22.0. The zero-order valence-electron chi connectivity index (χ0n) is 12.9. The van der Waals surface area contributed by atoms with Gasteiger partial charge in [-0.3, -0.25) is 4.79 Å². The Kier molecular flexibility index (Phi) is 8.90. The number of carbonyl (C=O) groups excluding carboxylic acids is 1. The van der Waals surface area contributed by atoms with Crippen LogP contribution in [0.3, 0.4) is 0 Å². The molecule has 1 unspecified atom stereocenters. The Bertz CT molecular complexity index is 609. The van der Waals surface area contributed by atoms with E-state index in [2.05, 4.69) is 5.32 Å². The van der Waals surface area contributed by atoms with Gasteiger partial charge in [0.05, 0.1) is 11.5 Å².